The lowest BCUT2D eigenvalue weighted by Gasteiger charge is -2.17. The third-order valence-corrected chi connectivity index (χ3v) is 3.31. The molecule has 1 rings (SSSR count). The summed E-state index contributed by atoms with van der Waals surface area (Å²) in [5, 5.41) is 1.15. The van der Waals surface area contributed by atoms with Gasteiger partial charge in [-0.2, -0.15) is 0 Å². The summed E-state index contributed by atoms with van der Waals surface area (Å²) in [6.07, 6.45) is 3.06. The minimum atomic E-state index is 0.597. The average Bonchev–Trinajstić information content (AvgIpc) is 2.46. The quantitative estimate of drug-likeness (QED) is 0.805. The van der Waals surface area contributed by atoms with E-state index in [4.69, 9.17) is 5.73 Å². The molecule has 3 heteroatoms. The molecule has 1 atom stereocenters. The molecule has 0 aliphatic carbocycles. The van der Waals surface area contributed by atoms with Crippen LogP contribution in [-0.2, 0) is 6.42 Å². The molecular formula is C10H18N2S. The summed E-state index contributed by atoms with van der Waals surface area (Å²) in [5.74, 6) is 1.26. The Hall–Kier alpha value is -0.410. The summed E-state index contributed by atoms with van der Waals surface area (Å²) >= 11 is 1.78. The lowest BCUT2D eigenvalue weighted by Crippen LogP contribution is -2.21. The van der Waals surface area contributed by atoms with E-state index >= 15 is 0 Å². The molecule has 0 aromatic carbocycles. The zero-order valence-corrected chi connectivity index (χ0v) is 9.40. The fraction of sp³-hybridized carbons (Fsp3) is 0.700. The van der Waals surface area contributed by atoms with Crippen LogP contribution in [0.2, 0.25) is 0 Å². The fourth-order valence-corrected chi connectivity index (χ4v) is 2.24. The second kappa shape index (κ2) is 4.72. The molecule has 1 aromatic heterocycles. The zero-order valence-electron chi connectivity index (χ0n) is 8.58. The summed E-state index contributed by atoms with van der Waals surface area (Å²) in [7, 11) is 0. The van der Waals surface area contributed by atoms with E-state index in [-0.39, 0.29) is 0 Å². The molecule has 0 amide bonds. The van der Waals surface area contributed by atoms with E-state index in [1.165, 1.54) is 4.88 Å². The van der Waals surface area contributed by atoms with Gasteiger partial charge in [0.2, 0.25) is 0 Å². The molecule has 0 saturated heterocycles. The largest absolute Gasteiger partial charge is 0.330 e. The van der Waals surface area contributed by atoms with Crippen molar-refractivity contribution in [3.63, 3.8) is 0 Å². The van der Waals surface area contributed by atoms with Crippen molar-refractivity contribution < 1.29 is 0 Å². The Morgan fingerprint density at radius 3 is 2.62 bits per heavy atom. The van der Waals surface area contributed by atoms with Crippen molar-refractivity contribution in [2.75, 3.05) is 6.54 Å². The van der Waals surface area contributed by atoms with Crippen LogP contribution < -0.4 is 5.73 Å². The van der Waals surface area contributed by atoms with Crippen molar-refractivity contribution in [3.05, 3.63) is 16.1 Å². The maximum absolute atomic E-state index is 5.71. The lowest BCUT2D eigenvalue weighted by molar-refractivity contribution is 0.394. The molecule has 1 heterocycles. The summed E-state index contributed by atoms with van der Waals surface area (Å²) in [4.78, 5) is 5.60. The van der Waals surface area contributed by atoms with Crippen molar-refractivity contribution in [3.8, 4) is 0 Å². The van der Waals surface area contributed by atoms with Crippen molar-refractivity contribution >= 4 is 11.3 Å². The summed E-state index contributed by atoms with van der Waals surface area (Å²) in [6, 6.07) is 0. The molecule has 0 saturated carbocycles. The number of aromatic nitrogens is 1. The van der Waals surface area contributed by atoms with Crippen LogP contribution in [0.1, 0.15) is 23.7 Å². The second-order valence-corrected chi connectivity index (χ2v) is 5.11. The van der Waals surface area contributed by atoms with Gasteiger partial charge in [0, 0.05) is 11.1 Å². The molecule has 0 bridgehead atoms. The highest BCUT2D eigenvalue weighted by molar-refractivity contribution is 7.11. The monoisotopic (exact) mass is 198 g/mol. The van der Waals surface area contributed by atoms with Gasteiger partial charge in [-0.25, -0.2) is 4.98 Å². The third-order valence-electron chi connectivity index (χ3n) is 2.38. The van der Waals surface area contributed by atoms with Gasteiger partial charge in [0.05, 0.1) is 5.01 Å². The van der Waals surface area contributed by atoms with Crippen LogP contribution in [0.25, 0.3) is 0 Å². The Kier molecular flexibility index (Phi) is 3.88. The van der Waals surface area contributed by atoms with E-state index in [1.807, 2.05) is 13.1 Å². The highest BCUT2D eigenvalue weighted by atomic mass is 32.1. The number of nitrogens with two attached hydrogens (primary N) is 1. The number of aryl methyl sites for hydroxylation is 1. The maximum Gasteiger partial charge on any atom is 0.0896 e. The molecular weight excluding hydrogens is 180 g/mol. The van der Waals surface area contributed by atoms with Gasteiger partial charge in [-0.15, -0.1) is 11.3 Å². The van der Waals surface area contributed by atoms with Gasteiger partial charge in [-0.05, 0) is 31.7 Å². The first-order valence-electron chi connectivity index (χ1n) is 4.75. The molecule has 74 valence electrons. The molecule has 0 aliphatic heterocycles. The first kappa shape index (κ1) is 10.7. The fourth-order valence-electron chi connectivity index (χ4n) is 1.35. The molecule has 2 N–H and O–H groups in total. The van der Waals surface area contributed by atoms with E-state index in [0.717, 1.165) is 18.0 Å². The van der Waals surface area contributed by atoms with Gasteiger partial charge in [-0.3, -0.25) is 0 Å². The Bertz CT molecular complexity index is 255. The van der Waals surface area contributed by atoms with Gasteiger partial charge in [0.25, 0.3) is 0 Å². The minimum absolute atomic E-state index is 0.597. The molecule has 0 aliphatic rings. The Morgan fingerprint density at radius 1 is 1.54 bits per heavy atom. The van der Waals surface area contributed by atoms with Gasteiger partial charge in [0.1, 0.15) is 0 Å². The van der Waals surface area contributed by atoms with Crippen LogP contribution in [0.15, 0.2) is 6.20 Å². The van der Waals surface area contributed by atoms with Crippen molar-refractivity contribution in [1.29, 1.82) is 0 Å². The summed E-state index contributed by atoms with van der Waals surface area (Å²) < 4.78 is 0. The van der Waals surface area contributed by atoms with E-state index < -0.39 is 0 Å². The van der Waals surface area contributed by atoms with Gasteiger partial charge < -0.3 is 5.73 Å². The van der Waals surface area contributed by atoms with E-state index in [1.54, 1.807) is 11.3 Å². The summed E-state index contributed by atoms with van der Waals surface area (Å²) in [6.45, 7) is 7.27. The summed E-state index contributed by atoms with van der Waals surface area (Å²) in [5.41, 5.74) is 5.71. The molecule has 13 heavy (non-hydrogen) atoms. The number of rotatable bonds is 4. The molecule has 0 spiro atoms. The normalized spacial score (nSPS) is 13.6. The van der Waals surface area contributed by atoms with Crippen LogP contribution in [0.3, 0.4) is 0 Å². The van der Waals surface area contributed by atoms with Crippen LogP contribution in [0.4, 0.5) is 0 Å². The van der Waals surface area contributed by atoms with Gasteiger partial charge >= 0.3 is 0 Å². The first-order chi connectivity index (χ1) is 6.13. The van der Waals surface area contributed by atoms with E-state index in [9.17, 15) is 0 Å². The predicted octanol–water partition coefficient (Wildman–Crippen LogP) is 2.22. The van der Waals surface area contributed by atoms with E-state index in [0.29, 0.717) is 11.8 Å². The maximum atomic E-state index is 5.71. The van der Waals surface area contributed by atoms with Crippen LogP contribution in [-0.4, -0.2) is 11.5 Å². The SMILES string of the molecule is Cc1ncc(CC(CN)C(C)C)s1. The van der Waals surface area contributed by atoms with Gasteiger partial charge in [-0.1, -0.05) is 13.8 Å². The number of thiazole rings is 1. The average molecular weight is 198 g/mol. The van der Waals surface area contributed by atoms with Crippen LogP contribution in [0, 0.1) is 18.8 Å². The first-order valence-corrected chi connectivity index (χ1v) is 5.56. The van der Waals surface area contributed by atoms with Crippen molar-refractivity contribution in [2.24, 2.45) is 17.6 Å². The standard InChI is InChI=1S/C10H18N2S/c1-7(2)9(5-11)4-10-6-12-8(3)13-10/h6-7,9H,4-5,11H2,1-3H3. The van der Waals surface area contributed by atoms with Crippen LogP contribution >= 0.6 is 11.3 Å². The number of nitrogens with zero attached hydrogens (tertiary/aromatic N) is 1. The smallest absolute Gasteiger partial charge is 0.0896 e. The lowest BCUT2D eigenvalue weighted by atomic mass is 9.92. The topological polar surface area (TPSA) is 38.9 Å². The van der Waals surface area contributed by atoms with Crippen LogP contribution in [0.5, 0.6) is 0 Å². The number of hydrogen-bond donors (Lipinski definition) is 1. The van der Waals surface area contributed by atoms with Crippen molar-refractivity contribution in [2.45, 2.75) is 27.2 Å². The molecule has 1 unspecified atom stereocenters. The predicted molar refractivity (Wildman–Crippen MR) is 57.9 cm³/mol. The molecule has 0 radical (unpaired) electrons. The highest BCUT2D eigenvalue weighted by Gasteiger charge is 2.13. The van der Waals surface area contributed by atoms with E-state index in [2.05, 4.69) is 18.8 Å². The zero-order chi connectivity index (χ0) is 9.84. The second-order valence-electron chi connectivity index (χ2n) is 3.79. The molecule has 0 fully saturated rings. The third kappa shape index (κ3) is 3.08. The van der Waals surface area contributed by atoms with Crippen molar-refractivity contribution in [1.82, 2.24) is 4.98 Å². The Morgan fingerprint density at radius 2 is 2.23 bits per heavy atom. The number of hydrogen-bond acceptors (Lipinski definition) is 3. The Balaban J connectivity index is 2.56. The Labute approximate surface area is 84.2 Å². The van der Waals surface area contributed by atoms with Gasteiger partial charge in [0.15, 0.2) is 0 Å². The minimum Gasteiger partial charge on any atom is -0.330 e. The highest BCUT2D eigenvalue weighted by Crippen LogP contribution is 2.20. The molecule has 1 aromatic rings. The molecule has 2 nitrogen and oxygen atoms in total.